The maximum atomic E-state index is 12.9. The Morgan fingerprint density at radius 1 is 1.29 bits per heavy atom. The Morgan fingerprint density at radius 3 is 2.53 bits per heavy atom. The van der Waals surface area contributed by atoms with E-state index in [1.54, 1.807) is 6.07 Å². The van der Waals surface area contributed by atoms with Crippen LogP contribution in [0.5, 0.6) is 0 Å². The maximum Gasteiger partial charge on any atom is 0.249 e. The Labute approximate surface area is 101 Å². The average molecular weight is 239 g/mol. The average Bonchev–Trinajstić information content (AvgIpc) is 2.93. The second-order valence-electron chi connectivity index (χ2n) is 5.43. The summed E-state index contributed by atoms with van der Waals surface area (Å²) in [5.41, 5.74) is 7.87. The smallest absolute Gasteiger partial charge is 0.249 e. The van der Waals surface area contributed by atoms with E-state index in [0.29, 0.717) is 5.56 Å². The monoisotopic (exact) mass is 239 g/mol. The van der Waals surface area contributed by atoms with Gasteiger partial charge in [-0.05, 0) is 43.7 Å². The van der Waals surface area contributed by atoms with Gasteiger partial charge in [-0.3, -0.25) is 0 Å². The van der Waals surface area contributed by atoms with Gasteiger partial charge in [-0.1, -0.05) is 24.3 Å². The van der Waals surface area contributed by atoms with Crippen LogP contribution in [0.2, 0.25) is 0 Å². The third-order valence-corrected chi connectivity index (χ3v) is 3.31. The van der Waals surface area contributed by atoms with Crippen molar-refractivity contribution in [3.63, 3.8) is 0 Å². The minimum Gasteiger partial charge on any atom is -0.325 e. The fraction of sp³-hybridized carbons (Fsp3) is 0.571. The van der Waals surface area contributed by atoms with Gasteiger partial charge in [0.05, 0.1) is 0 Å². The van der Waals surface area contributed by atoms with E-state index in [1.807, 2.05) is 18.2 Å². The number of nitrogens with two attached hydrogens (primary N) is 1. The van der Waals surface area contributed by atoms with Crippen LogP contribution in [0, 0.1) is 0 Å². The summed E-state index contributed by atoms with van der Waals surface area (Å²) >= 11 is 0. The van der Waals surface area contributed by atoms with Gasteiger partial charge in [-0.2, -0.15) is 0 Å². The van der Waals surface area contributed by atoms with E-state index in [4.69, 9.17) is 5.73 Å². The van der Waals surface area contributed by atoms with Crippen LogP contribution < -0.4 is 5.73 Å². The van der Waals surface area contributed by atoms with E-state index >= 15 is 0 Å². The minimum absolute atomic E-state index is 0.0324. The lowest BCUT2D eigenvalue weighted by Crippen LogP contribution is -2.22. The normalized spacial score (nSPS) is 18.1. The van der Waals surface area contributed by atoms with E-state index in [-0.39, 0.29) is 12.0 Å². The van der Waals surface area contributed by atoms with Crippen LogP contribution in [0.4, 0.5) is 8.78 Å². The Kier molecular flexibility index (Phi) is 3.21. The molecule has 0 saturated heterocycles. The topological polar surface area (TPSA) is 26.0 Å². The van der Waals surface area contributed by atoms with Crippen molar-refractivity contribution < 1.29 is 8.78 Å². The predicted octanol–water partition coefficient (Wildman–Crippen LogP) is 3.31. The highest BCUT2D eigenvalue weighted by molar-refractivity contribution is 5.25. The van der Waals surface area contributed by atoms with Gasteiger partial charge in [-0.25, -0.2) is 8.78 Å². The van der Waals surface area contributed by atoms with Crippen molar-refractivity contribution in [2.75, 3.05) is 0 Å². The second-order valence-corrected chi connectivity index (χ2v) is 5.43. The van der Waals surface area contributed by atoms with Gasteiger partial charge in [0.1, 0.15) is 0 Å². The quantitative estimate of drug-likeness (QED) is 0.838. The molecule has 2 rings (SSSR count). The van der Waals surface area contributed by atoms with Gasteiger partial charge in [0.25, 0.3) is 0 Å². The maximum absolute atomic E-state index is 12.9. The first-order chi connectivity index (χ1) is 7.86. The van der Waals surface area contributed by atoms with E-state index in [0.717, 1.165) is 38.2 Å². The lowest BCUT2D eigenvalue weighted by Gasteiger charge is -2.12. The molecule has 1 aliphatic rings. The molecule has 0 heterocycles. The summed E-state index contributed by atoms with van der Waals surface area (Å²) in [4.78, 5) is 0. The molecule has 0 amide bonds. The highest BCUT2D eigenvalue weighted by atomic mass is 19.3. The molecular formula is C14H19F2N. The summed E-state index contributed by atoms with van der Waals surface area (Å²) in [5, 5.41) is 0. The van der Waals surface area contributed by atoms with E-state index in [9.17, 15) is 8.78 Å². The van der Waals surface area contributed by atoms with Crippen LogP contribution in [0.25, 0.3) is 0 Å². The minimum atomic E-state index is -2.63. The van der Waals surface area contributed by atoms with Crippen molar-refractivity contribution in [2.24, 2.45) is 5.73 Å². The molecule has 1 fully saturated rings. The Balaban J connectivity index is 1.96. The first kappa shape index (κ1) is 12.5. The second kappa shape index (κ2) is 4.37. The van der Waals surface area contributed by atoms with Crippen LogP contribution in [-0.2, 0) is 12.8 Å². The summed E-state index contributed by atoms with van der Waals surface area (Å²) in [6.45, 7) is 0.957. The molecule has 0 unspecified atom stereocenters. The zero-order valence-electron chi connectivity index (χ0n) is 10.2. The highest BCUT2D eigenvalue weighted by Crippen LogP contribution is 2.36. The van der Waals surface area contributed by atoms with Crippen LogP contribution in [0.15, 0.2) is 24.3 Å². The summed E-state index contributed by atoms with van der Waals surface area (Å²) in [6, 6.07) is 7.48. The van der Waals surface area contributed by atoms with E-state index in [2.05, 4.69) is 0 Å². The molecule has 1 nitrogen and oxygen atoms in total. The van der Waals surface area contributed by atoms with Crippen molar-refractivity contribution >= 4 is 0 Å². The first-order valence-corrected chi connectivity index (χ1v) is 6.11. The molecule has 0 bridgehead atoms. The number of halogens is 2. The number of hydrogen-bond donors (Lipinski definition) is 1. The molecule has 3 heteroatoms. The largest absolute Gasteiger partial charge is 0.325 e. The van der Waals surface area contributed by atoms with Crippen molar-refractivity contribution in [1.29, 1.82) is 0 Å². The number of aryl methyl sites for hydroxylation is 1. The molecule has 0 radical (unpaired) electrons. The van der Waals surface area contributed by atoms with Crippen molar-refractivity contribution in [1.82, 2.24) is 0 Å². The molecular weight excluding hydrogens is 220 g/mol. The van der Waals surface area contributed by atoms with Gasteiger partial charge in [0, 0.05) is 12.0 Å². The zero-order chi connectivity index (χ0) is 12.5. The predicted molar refractivity (Wildman–Crippen MR) is 65.2 cm³/mol. The van der Waals surface area contributed by atoms with Crippen LogP contribution in [-0.4, -0.2) is 11.5 Å². The third-order valence-electron chi connectivity index (χ3n) is 3.31. The Hall–Kier alpha value is -0.960. The highest BCUT2D eigenvalue weighted by Gasteiger charge is 2.37. The Morgan fingerprint density at radius 2 is 1.94 bits per heavy atom. The molecule has 0 aliphatic heterocycles. The third kappa shape index (κ3) is 4.08. The molecule has 1 aromatic carbocycles. The number of rotatable bonds is 5. The summed E-state index contributed by atoms with van der Waals surface area (Å²) in [7, 11) is 0. The van der Waals surface area contributed by atoms with Crippen LogP contribution >= 0.6 is 0 Å². The Bertz CT molecular complexity index is 391. The van der Waals surface area contributed by atoms with Gasteiger partial charge < -0.3 is 5.73 Å². The van der Waals surface area contributed by atoms with Crippen molar-refractivity contribution in [3.05, 3.63) is 35.4 Å². The fourth-order valence-electron chi connectivity index (χ4n) is 2.06. The molecule has 0 aromatic heterocycles. The lowest BCUT2D eigenvalue weighted by atomic mass is 10.00. The summed E-state index contributed by atoms with van der Waals surface area (Å²) < 4.78 is 25.8. The van der Waals surface area contributed by atoms with Gasteiger partial charge in [-0.15, -0.1) is 0 Å². The van der Waals surface area contributed by atoms with Crippen LogP contribution in [0.3, 0.4) is 0 Å². The summed E-state index contributed by atoms with van der Waals surface area (Å²) in [5.74, 6) is -2.63. The number of hydrogen-bond acceptors (Lipinski definition) is 1. The summed E-state index contributed by atoms with van der Waals surface area (Å²) in [6.07, 6.45) is 3.85. The number of benzene rings is 1. The fourth-order valence-corrected chi connectivity index (χ4v) is 2.06. The van der Waals surface area contributed by atoms with Gasteiger partial charge >= 0.3 is 0 Å². The standard InChI is InChI=1S/C14H19F2N/c1-13(15,16)10-12-4-2-3-11(9-12)5-6-14(17)7-8-14/h2-4,9H,5-8,10,17H2,1H3. The van der Waals surface area contributed by atoms with Crippen LogP contribution in [0.1, 0.15) is 37.3 Å². The van der Waals surface area contributed by atoms with Crippen molar-refractivity contribution in [3.8, 4) is 0 Å². The molecule has 0 spiro atoms. The zero-order valence-corrected chi connectivity index (χ0v) is 10.2. The molecule has 94 valence electrons. The van der Waals surface area contributed by atoms with E-state index in [1.165, 1.54) is 0 Å². The number of alkyl halides is 2. The SMILES string of the molecule is CC(F)(F)Cc1cccc(CCC2(N)CC2)c1. The lowest BCUT2D eigenvalue weighted by molar-refractivity contribution is 0.0226. The molecule has 0 atom stereocenters. The molecule has 17 heavy (non-hydrogen) atoms. The van der Waals surface area contributed by atoms with Crippen molar-refractivity contribution in [2.45, 2.75) is 50.5 Å². The first-order valence-electron chi connectivity index (χ1n) is 6.11. The molecule has 1 saturated carbocycles. The molecule has 2 N–H and O–H groups in total. The molecule has 1 aromatic rings. The van der Waals surface area contributed by atoms with E-state index < -0.39 is 5.92 Å². The van der Waals surface area contributed by atoms with Gasteiger partial charge in [0.15, 0.2) is 0 Å². The molecule has 1 aliphatic carbocycles. The van der Waals surface area contributed by atoms with Gasteiger partial charge in [0.2, 0.25) is 5.92 Å².